The molecule has 1 N–H and O–H groups in total. The van der Waals surface area contributed by atoms with E-state index >= 15 is 0 Å². The van der Waals surface area contributed by atoms with Gasteiger partial charge in [-0.25, -0.2) is 0 Å². The molecule has 2 bridgehead atoms. The molecule has 6 nitrogen and oxygen atoms in total. The molecule has 28 heavy (non-hydrogen) atoms. The smallest absolute Gasteiger partial charge is 0.229 e. The molecule has 4 fully saturated rings. The van der Waals surface area contributed by atoms with Crippen molar-refractivity contribution in [3.8, 4) is 5.75 Å². The molecule has 5 heterocycles. The molecule has 1 aromatic rings. The van der Waals surface area contributed by atoms with Gasteiger partial charge in [-0.05, 0) is 42.5 Å². The molecule has 5 aliphatic heterocycles. The number of anilines is 1. The third-order valence-electron chi connectivity index (χ3n) is 8.65. The van der Waals surface area contributed by atoms with Gasteiger partial charge in [-0.3, -0.25) is 9.69 Å². The van der Waals surface area contributed by atoms with Crippen molar-refractivity contribution >= 4 is 11.6 Å². The highest BCUT2D eigenvalue weighted by Crippen LogP contribution is 2.69. The normalized spacial score (nSPS) is 44.9. The van der Waals surface area contributed by atoms with Crippen LogP contribution in [0, 0.1) is 11.8 Å². The predicted molar refractivity (Wildman–Crippen MR) is 101 cm³/mol. The van der Waals surface area contributed by atoms with Crippen molar-refractivity contribution in [2.75, 3.05) is 31.7 Å². The molecule has 1 saturated carbocycles. The lowest BCUT2D eigenvalue weighted by atomic mass is 9.52. The number of nitrogens with zero attached hydrogens (tertiary/aromatic N) is 2. The summed E-state index contributed by atoms with van der Waals surface area (Å²) in [7, 11) is 1.67. The van der Waals surface area contributed by atoms with Gasteiger partial charge >= 0.3 is 0 Å². The molecular weight excluding hydrogens is 356 g/mol. The number of methoxy groups -OCH3 is 1. The van der Waals surface area contributed by atoms with Crippen LogP contribution in [0.15, 0.2) is 29.8 Å². The molecule has 0 radical (unpaired) electrons. The third-order valence-corrected chi connectivity index (χ3v) is 8.65. The second-order valence-corrected chi connectivity index (χ2v) is 9.29. The third kappa shape index (κ3) is 1.49. The van der Waals surface area contributed by atoms with Crippen LogP contribution in [0.3, 0.4) is 0 Å². The van der Waals surface area contributed by atoms with Crippen LogP contribution in [-0.4, -0.2) is 60.6 Å². The van der Waals surface area contributed by atoms with E-state index in [1.807, 2.05) is 17.0 Å². The van der Waals surface area contributed by atoms with Crippen LogP contribution in [0.5, 0.6) is 5.75 Å². The minimum Gasteiger partial charge on any atom is -0.497 e. The SMILES string of the molecule is COc1ccc2c(c1)C13CCN4CC5=CCOC6CC(=O)N2C1C6C5CC43O. The van der Waals surface area contributed by atoms with Crippen LogP contribution in [0.4, 0.5) is 5.69 Å². The Kier molecular flexibility index (Phi) is 2.74. The molecule has 3 saturated heterocycles. The summed E-state index contributed by atoms with van der Waals surface area (Å²) in [4.78, 5) is 17.6. The Hall–Kier alpha value is -1.89. The van der Waals surface area contributed by atoms with E-state index in [1.54, 1.807) is 7.11 Å². The number of hydrogen-bond acceptors (Lipinski definition) is 5. The fraction of sp³-hybridized carbons (Fsp3) is 0.591. The van der Waals surface area contributed by atoms with Gasteiger partial charge in [0, 0.05) is 24.7 Å². The Labute approximate surface area is 163 Å². The fourth-order valence-electron chi connectivity index (χ4n) is 7.68. The van der Waals surface area contributed by atoms with E-state index in [1.165, 1.54) is 5.57 Å². The largest absolute Gasteiger partial charge is 0.497 e. The lowest BCUT2D eigenvalue weighted by Gasteiger charge is -2.62. The van der Waals surface area contributed by atoms with E-state index in [2.05, 4.69) is 17.0 Å². The molecule has 6 atom stereocenters. The molecular formula is C22H24N2O4. The van der Waals surface area contributed by atoms with Crippen LogP contribution in [0.1, 0.15) is 24.8 Å². The summed E-state index contributed by atoms with van der Waals surface area (Å²) in [6.07, 6.45) is 4.19. The molecule has 7 rings (SSSR count). The van der Waals surface area contributed by atoms with Gasteiger partial charge in [0.2, 0.25) is 5.91 Å². The highest BCUT2D eigenvalue weighted by molar-refractivity contribution is 5.99. The number of carbonyl (C=O) groups excluding carboxylic acids is 1. The standard InChI is InChI=1S/C22H24N2O4/c1-27-13-2-3-16-15(8-13)21-5-6-23-11-12-4-7-28-17-9-18(25)24(16)20(21)19(17)14(12)10-22(21,23)26/h2-4,8,14,17,19-20,26H,5-7,9-11H2,1H3. The number of hydrogen-bond donors (Lipinski definition) is 1. The number of piperidine rings is 2. The second kappa shape index (κ2) is 4.81. The van der Waals surface area contributed by atoms with Crippen molar-refractivity contribution in [3.05, 3.63) is 35.4 Å². The van der Waals surface area contributed by atoms with Crippen molar-refractivity contribution in [2.24, 2.45) is 11.8 Å². The van der Waals surface area contributed by atoms with E-state index in [9.17, 15) is 9.90 Å². The quantitative estimate of drug-likeness (QED) is 0.747. The first kappa shape index (κ1) is 16.0. The highest BCUT2D eigenvalue weighted by Gasteiger charge is 2.76. The molecule has 6 aliphatic rings. The summed E-state index contributed by atoms with van der Waals surface area (Å²) in [5.41, 5.74) is 2.07. The van der Waals surface area contributed by atoms with Crippen LogP contribution >= 0.6 is 0 Å². The molecule has 0 aromatic heterocycles. The van der Waals surface area contributed by atoms with E-state index in [0.29, 0.717) is 13.0 Å². The van der Waals surface area contributed by atoms with E-state index in [-0.39, 0.29) is 29.9 Å². The number of rotatable bonds is 1. The van der Waals surface area contributed by atoms with Gasteiger partial charge in [0.15, 0.2) is 0 Å². The van der Waals surface area contributed by atoms with Crippen molar-refractivity contribution in [1.82, 2.24) is 4.90 Å². The maximum absolute atomic E-state index is 13.3. The van der Waals surface area contributed by atoms with Crippen molar-refractivity contribution < 1.29 is 19.4 Å². The first-order valence-electron chi connectivity index (χ1n) is 10.4. The van der Waals surface area contributed by atoms with E-state index in [0.717, 1.165) is 42.9 Å². The first-order valence-corrected chi connectivity index (χ1v) is 10.4. The maximum Gasteiger partial charge on any atom is 0.229 e. The predicted octanol–water partition coefficient (Wildman–Crippen LogP) is 1.42. The van der Waals surface area contributed by atoms with Crippen LogP contribution < -0.4 is 9.64 Å². The average molecular weight is 380 g/mol. The van der Waals surface area contributed by atoms with Crippen LogP contribution in [0.2, 0.25) is 0 Å². The summed E-state index contributed by atoms with van der Waals surface area (Å²) in [6, 6.07) is 5.98. The molecule has 6 unspecified atom stereocenters. The Morgan fingerprint density at radius 3 is 3.11 bits per heavy atom. The fourth-order valence-corrected chi connectivity index (χ4v) is 7.68. The maximum atomic E-state index is 13.3. The minimum absolute atomic E-state index is 0.0450. The van der Waals surface area contributed by atoms with Gasteiger partial charge < -0.3 is 19.5 Å². The van der Waals surface area contributed by atoms with Gasteiger partial charge in [-0.1, -0.05) is 11.6 Å². The van der Waals surface area contributed by atoms with E-state index < -0.39 is 11.1 Å². The minimum atomic E-state index is -0.918. The van der Waals surface area contributed by atoms with Crippen molar-refractivity contribution in [1.29, 1.82) is 0 Å². The molecule has 1 aromatic carbocycles. The lowest BCUT2D eigenvalue weighted by Crippen LogP contribution is -2.74. The second-order valence-electron chi connectivity index (χ2n) is 9.29. The Bertz CT molecular complexity index is 960. The monoisotopic (exact) mass is 380 g/mol. The highest BCUT2D eigenvalue weighted by atomic mass is 16.5. The van der Waals surface area contributed by atoms with Crippen molar-refractivity contribution in [2.45, 2.75) is 42.5 Å². The summed E-state index contributed by atoms with van der Waals surface area (Å²) in [5, 5.41) is 12.2. The molecule has 6 heteroatoms. The van der Waals surface area contributed by atoms with Crippen LogP contribution in [-0.2, 0) is 14.9 Å². The number of aliphatic hydroxyl groups is 1. The molecule has 146 valence electrons. The number of amides is 1. The van der Waals surface area contributed by atoms with Gasteiger partial charge in [0.1, 0.15) is 11.5 Å². The number of carbonyl (C=O) groups is 1. The Morgan fingerprint density at radius 1 is 1.36 bits per heavy atom. The zero-order valence-corrected chi connectivity index (χ0v) is 15.9. The topological polar surface area (TPSA) is 62.2 Å². The zero-order chi connectivity index (χ0) is 18.8. The number of ether oxygens (including phenoxy) is 2. The summed E-state index contributed by atoms with van der Waals surface area (Å²) >= 11 is 0. The summed E-state index contributed by atoms with van der Waals surface area (Å²) in [5.74, 6) is 1.44. The van der Waals surface area contributed by atoms with Gasteiger partial charge in [0.25, 0.3) is 0 Å². The van der Waals surface area contributed by atoms with Gasteiger partial charge in [-0.15, -0.1) is 0 Å². The summed E-state index contributed by atoms with van der Waals surface area (Å²) < 4.78 is 11.8. The average Bonchev–Trinajstić information content (AvgIpc) is 3.11. The zero-order valence-electron chi connectivity index (χ0n) is 15.9. The molecule has 1 aliphatic carbocycles. The van der Waals surface area contributed by atoms with E-state index in [4.69, 9.17) is 9.47 Å². The Morgan fingerprint density at radius 2 is 2.25 bits per heavy atom. The van der Waals surface area contributed by atoms with Crippen LogP contribution in [0.25, 0.3) is 0 Å². The number of benzene rings is 1. The molecule has 1 amide bonds. The first-order chi connectivity index (χ1) is 13.6. The summed E-state index contributed by atoms with van der Waals surface area (Å²) in [6.45, 7) is 2.25. The van der Waals surface area contributed by atoms with Crippen molar-refractivity contribution in [3.63, 3.8) is 0 Å². The van der Waals surface area contributed by atoms with Gasteiger partial charge in [-0.2, -0.15) is 0 Å². The molecule has 1 spiro atoms. The number of fused-ring (bicyclic) bond motifs is 2. The lowest BCUT2D eigenvalue weighted by molar-refractivity contribution is -0.197. The van der Waals surface area contributed by atoms with Gasteiger partial charge in [0.05, 0.1) is 37.7 Å². The Balaban J connectivity index is 1.56.